The lowest BCUT2D eigenvalue weighted by atomic mass is 9.61. The maximum atomic E-state index is 11.8. The lowest BCUT2D eigenvalue weighted by Crippen LogP contribution is -2.35. The van der Waals surface area contributed by atoms with Crippen LogP contribution in [0.2, 0.25) is 0 Å². The second kappa shape index (κ2) is 13.6. The molecule has 4 atom stereocenters. The van der Waals surface area contributed by atoms with Crippen molar-refractivity contribution in [3.05, 3.63) is 68.8 Å². The molecule has 0 amide bonds. The van der Waals surface area contributed by atoms with E-state index in [4.69, 9.17) is 0 Å². The van der Waals surface area contributed by atoms with Gasteiger partial charge in [-0.25, -0.2) is 0 Å². The van der Waals surface area contributed by atoms with Crippen LogP contribution in [0.3, 0.4) is 0 Å². The van der Waals surface area contributed by atoms with E-state index < -0.39 is 115 Å². The number of aromatic hydroxyl groups is 12. The lowest BCUT2D eigenvalue weighted by molar-refractivity contribution is 0.297. The molecular weight excluding hydrogens is 708 g/mol. The summed E-state index contributed by atoms with van der Waals surface area (Å²) in [4.78, 5) is 0. The Hall–Kier alpha value is -5.52. The van der Waals surface area contributed by atoms with Gasteiger partial charge in [-0.1, -0.05) is 69.2 Å². The molecule has 0 saturated heterocycles. The molecule has 0 radical (unpaired) electrons. The molecule has 12 N–H and O–H groups in total. The average Bonchev–Trinajstić information content (AvgIpc) is 3.11. The third-order valence-electron chi connectivity index (χ3n) is 12.6. The molecule has 0 heterocycles. The van der Waals surface area contributed by atoms with Gasteiger partial charge in [-0.15, -0.1) is 0 Å². The van der Waals surface area contributed by atoms with Crippen molar-refractivity contribution in [2.24, 2.45) is 23.7 Å². The molecular formula is C43H54O12. The van der Waals surface area contributed by atoms with Gasteiger partial charge in [0.1, 0.15) is 0 Å². The molecule has 1 aliphatic carbocycles. The van der Waals surface area contributed by atoms with Crippen LogP contribution in [0.1, 0.15) is 132 Å². The van der Waals surface area contributed by atoms with Crippen LogP contribution in [-0.2, 0) is 10.8 Å². The summed E-state index contributed by atoms with van der Waals surface area (Å²) in [6.07, 6.45) is 0.102. The van der Waals surface area contributed by atoms with Gasteiger partial charge in [0.05, 0.1) is 0 Å². The molecule has 8 bridgehead atoms. The maximum absolute atomic E-state index is 11.8. The second-order valence-electron chi connectivity index (χ2n) is 16.5. The number of fused-ring (bicyclic) bond motifs is 8. The van der Waals surface area contributed by atoms with E-state index in [0.29, 0.717) is 0 Å². The molecule has 0 fully saturated rings. The van der Waals surface area contributed by atoms with Gasteiger partial charge in [0, 0.05) is 67.2 Å². The minimum absolute atomic E-state index is 0.000416. The zero-order chi connectivity index (χ0) is 41.5. The topological polar surface area (TPSA) is 243 Å². The van der Waals surface area contributed by atoms with Crippen LogP contribution in [0.25, 0.3) is 0 Å². The maximum Gasteiger partial charge on any atom is 0.200 e. The van der Waals surface area contributed by atoms with E-state index in [-0.39, 0.29) is 50.9 Å². The van der Waals surface area contributed by atoms with Crippen LogP contribution in [0, 0.1) is 23.7 Å². The van der Waals surface area contributed by atoms with Crippen LogP contribution in [-0.4, -0.2) is 61.3 Å². The van der Waals surface area contributed by atoms with Gasteiger partial charge < -0.3 is 61.3 Å². The molecule has 1 aliphatic rings. The van der Waals surface area contributed by atoms with Crippen molar-refractivity contribution in [3.63, 3.8) is 0 Å². The van der Waals surface area contributed by atoms with Crippen LogP contribution in [0.4, 0.5) is 0 Å². The number of hydrogen-bond acceptors (Lipinski definition) is 12. The van der Waals surface area contributed by atoms with Crippen molar-refractivity contribution in [1.29, 1.82) is 0 Å². The zero-order valence-corrected chi connectivity index (χ0v) is 32.8. The Morgan fingerprint density at radius 1 is 0.400 bits per heavy atom. The average molecular weight is 763 g/mol. The molecule has 5 rings (SSSR count). The van der Waals surface area contributed by atoms with E-state index in [1.165, 1.54) is 24.3 Å². The summed E-state index contributed by atoms with van der Waals surface area (Å²) in [6.45, 7) is 17.5. The second-order valence-corrected chi connectivity index (χ2v) is 16.5. The first-order valence-corrected chi connectivity index (χ1v) is 18.6. The summed E-state index contributed by atoms with van der Waals surface area (Å²) in [7, 11) is 0. The predicted octanol–water partition coefficient (Wildman–Crippen LogP) is 8.36. The first-order valence-electron chi connectivity index (χ1n) is 18.6. The Kier molecular flexibility index (Phi) is 10.1. The van der Waals surface area contributed by atoms with Gasteiger partial charge in [0.2, 0.25) is 23.0 Å². The van der Waals surface area contributed by atoms with E-state index >= 15 is 0 Å². The van der Waals surface area contributed by atoms with E-state index in [9.17, 15) is 61.3 Å². The largest absolute Gasteiger partial charge is 0.504 e. The van der Waals surface area contributed by atoms with Crippen molar-refractivity contribution in [1.82, 2.24) is 0 Å². The Morgan fingerprint density at radius 3 is 1.04 bits per heavy atom. The highest BCUT2D eigenvalue weighted by atomic mass is 16.3. The number of rotatable bonds is 5. The van der Waals surface area contributed by atoms with E-state index in [0.717, 1.165) is 0 Å². The summed E-state index contributed by atoms with van der Waals surface area (Å²) < 4.78 is 0. The number of phenols is 12. The minimum atomic E-state index is -1.54. The standard InChI is InChI=1S/C43H54O12/c1-11-43(19(8)9)26-14-23(33(47)40(54)36(26)50)29(17(4)5)21-12-20(30(44)38(52)31(21)45)28(16(2)3)22-13-24(34(48)39(53)32(22)46)42(10,18(6)7)25-15-27(43)37(51)41(55)35(25)49/h12-19,28-29,44-55H,11H2,1-10H3. The Bertz CT molecular complexity index is 2190. The molecule has 0 aliphatic heterocycles. The molecule has 298 valence electrons. The number of hydrogen-bond donors (Lipinski definition) is 12. The molecule has 0 aromatic heterocycles. The molecule has 55 heavy (non-hydrogen) atoms. The number of phenolic OH excluding ortho intramolecular Hbond substituents is 12. The molecule has 4 unspecified atom stereocenters. The van der Waals surface area contributed by atoms with Crippen molar-refractivity contribution >= 4 is 0 Å². The van der Waals surface area contributed by atoms with Crippen molar-refractivity contribution in [2.45, 2.75) is 98.3 Å². The monoisotopic (exact) mass is 762 g/mol. The molecule has 12 nitrogen and oxygen atoms in total. The summed E-state index contributed by atoms with van der Waals surface area (Å²) >= 11 is 0. The SMILES string of the molecule is CCC1(C(C)C)c2cc(c(O)c(O)c2O)C(C(C)C)c2cc(c(O)c(O)c2O)C(C(C)C)c2cc(c(O)c(O)c2O)C(C)(C(C)C)c2cc1c(O)c(O)c2O. The fraction of sp³-hybridized carbons (Fsp3) is 0.442. The first-order chi connectivity index (χ1) is 25.4. The third kappa shape index (κ3) is 5.54. The van der Waals surface area contributed by atoms with Crippen molar-refractivity contribution in [3.8, 4) is 69.0 Å². The minimum Gasteiger partial charge on any atom is -0.504 e. The van der Waals surface area contributed by atoms with Crippen LogP contribution in [0.5, 0.6) is 69.0 Å². The zero-order valence-electron chi connectivity index (χ0n) is 32.8. The van der Waals surface area contributed by atoms with Gasteiger partial charge in [-0.3, -0.25) is 0 Å². The van der Waals surface area contributed by atoms with Gasteiger partial charge >= 0.3 is 0 Å². The van der Waals surface area contributed by atoms with Crippen LogP contribution < -0.4 is 0 Å². The fourth-order valence-corrected chi connectivity index (χ4v) is 9.19. The molecule has 12 heteroatoms. The van der Waals surface area contributed by atoms with E-state index in [2.05, 4.69) is 0 Å². The van der Waals surface area contributed by atoms with Crippen molar-refractivity contribution < 1.29 is 61.3 Å². The van der Waals surface area contributed by atoms with Crippen LogP contribution >= 0.6 is 0 Å². The normalized spacial score (nSPS) is 21.2. The van der Waals surface area contributed by atoms with Gasteiger partial charge in [0.15, 0.2) is 46.0 Å². The highest BCUT2D eigenvalue weighted by molar-refractivity contribution is 5.72. The molecule has 4 aromatic rings. The summed E-state index contributed by atoms with van der Waals surface area (Å²) in [5, 5.41) is 139. The fourth-order valence-electron chi connectivity index (χ4n) is 9.19. The van der Waals surface area contributed by atoms with E-state index in [1.54, 1.807) is 69.2 Å². The summed E-state index contributed by atoms with van der Waals surface area (Å²) in [5.41, 5.74) is -3.05. The van der Waals surface area contributed by atoms with Crippen molar-refractivity contribution in [2.75, 3.05) is 0 Å². The smallest absolute Gasteiger partial charge is 0.200 e. The highest BCUT2D eigenvalue weighted by Crippen LogP contribution is 2.62. The molecule has 0 saturated carbocycles. The Balaban J connectivity index is 2.20. The molecule has 0 spiro atoms. The third-order valence-corrected chi connectivity index (χ3v) is 12.6. The highest BCUT2D eigenvalue weighted by Gasteiger charge is 2.48. The van der Waals surface area contributed by atoms with Crippen LogP contribution in [0.15, 0.2) is 24.3 Å². The first kappa shape index (κ1) is 40.7. The van der Waals surface area contributed by atoms with Gasteiger partial charge in [-0.2, -0.15) is 0 Å². The Labute approximate surface area is 320 Å². The number of benzene rings is 4. The predicted molar refractivity (Wildman–Crippen MR) is 206 cm³/mol. The van der Waals surface area contributed by atoms with Gasteiger partial charge in [0.25, 0.3) is 0 Å². The lowest BCUT2D eigenvalue weighted by Gasteiger charge is -2.42. The van der Waals surface area contributed by atoms with E-state index in [1.807, 2.05) is 0 Å². The Morgan fingerprint density at radius 2 is 0.691 bits per heavy atom. The van der Waals surface area contributed by atoms with Gasteiger partial charge in [-0.05, 0) is 54.4 Å². The summed E-state index contributed by atoms with van der Waals surface area (Å²) in [6, 6.07) is 5.72. The quantitative estimate of drug-likeness (QED) is 0.0859. The molecule has 4 aromatic carbocycles. The summed E-state index contributed by atoms with van der Waals surface area (Å²) in [5.74, 6) is -13.8.